The van der Waals surface area contributed by atoms with Crippen molar-refractivity contribution in [3.8, 4) is 0 Å². The van der Waals surface area contributed by atoms with Crippen LogP contribution in [0, 0.1) is 0 Å². The average Bonchev–Trinajstić information content (AvgIpc) is 3.57. The number of carboxylic acid groups (broad SMARTS) is 2. The number of unbranched alkanes of at least 4 members (excludes halogenated alkanes) is 1. The number of aliphatic imine (C=N–C) groups is 1. The number of aliphatic carboxylic acids is 2. The Morgan fingerprint density at radius 2 is 1.43 bits per heavy atom. The molecular weight excluding hydrogens is 678 g/mol. The lowest BCUT2D eigenvalue weighted by Gasteiger charge is -2.29. The molecule has 0 unspecified atom stereocenters. The first-order chi connectivity index (χ1) is 24.1. The van der Waals surface area contributed by atoms with Crippen LogP contribution in [0.2, 0.25) is 0 Å². The summed E-state index contributed by atoms with van der Waals surface area (Å²) in [5.74, 6) is -8.24. The van der Waals surface area contributed by atoms with Crippen molar-refractivity contribution in [3.05, 3.63) is 0 Å². The SMILES string of the molecule is C[C@H](NC(=O)[C@H](CCCN=C(N)N)NC(=O)CN)C(=O)N[C@H](CC(=O)O)C(=O)N[C@H](CO)C(=O)N1CCC[C@@H]1C(=O)N[C@@H](CCCCN)C(=O)O. The summed E-state index contributed by atoms with van der Waals surface area (Å²) < 4.78 is 0. The van der Waals surface area contributed by atoms with Crippen LogP contribution in [0.5, 0.6) is 0 Å². The number of aliphatic hydroxyl groups is 1. The van der Waals surface area contributed by atoms with Crippen molar-refractivity contribution in [2.24, 2.45) is 27.9 Å². The zero-order valence-electron chi connectivity index (χ0n) is 28.5. The fourth-order valence-corrected chi connectivity index (χ4v) is 5.06. The maximum Gasteiger partial charge on any atom is 0.326 e. The van der Waals surface area contributed by atoms with E-state index in [9.17, 15) is 53.7 Å². The van der Waals surface area contributed by atoms with E-state index in [2.05, 4.69) is 31.6 Å². The molecule has 0 aromatic carbocycles. The van der Waals surface area contributed by atoms with Gasteiger partial charge in [0.1, 0.15) is 36.3 Å². The predicted octanol–water partition coefficient (Wildman–Crippen LogP) is -5.89. The summed E-state index contributed by atoms with van der Waals surface area (Å²) in [6.07, 6.45) is 0.974. The molecule has 1 aliphatic rings. The minimum absolute atomic E-state index is 0.0434. The van der Waals surface area contributed by atoms with Crippen molar-refractivity contribution < 1.29 is 53.7 Å². The molecular formula is C29H51N11O11. The number of hydrogen-bond donors (Lipinski definition) is 12. The Hall–Kier alpha value is -5.09. The molecule has 6 atom stereocenters. The highest BCUT2D eigenvalue weighted by Gasteiger charge is 2.39. The zero-order chi connectivity index (χ0) is 38.7. The van der Waals surface area contributed by atoms with Gasteiger partial charge in [-0.1, -0.05) is 0 Å². The fourth-order valence-electron chi connectivity index (χ4n) is 5.06. The molecule has 51 heavy (non-hydrogen) atoms. The van der Waals surface area contributed by atoms with E-state index >= 15 is 0 Å². The third kappa shape index (κ3) is 15.6. The van der Waals surface area contributed by atoms with Crippen LogP contribution in [0.15, 0.2) is 4.99 Å². The smallest absolute Gasteiger partial charge is 0.326 e. The molecule has 0 aliphatic carbocycles. The van der Waals surface area contributed by atoms with Crippen molar-refractivity contribution in [2.75, 3.05) is 32.8 Å². The molecule has 1 heterocycles. The quantitative estimate of drug-likeness (QED) is 0.0265. The molecule has 16 N–H and O–H groups in total. The molecule has 0 radical (unpaired) electrons. The van der Waals surface area contributed by atoms with Crippen LogP contribution in [0.1, 0.15) is 58.3 Å². The Labute approximate surface area is 293 Å². The van der Waals surface area contributed by atoms with Crippen LogP contribution in [-0.4, -0.2) is 143 Å². The van der Waals surface area contributed by atoms with Gasteiger partial charge in [0.2, 0.25) is 35.4 Å². The highest BCUT2D eigenvalue weighted by Crippen LogP contribution is 2.19. The average molecular weight is 730 g/mol. The summed E-state index contributed by atoms with van der Waals surface area (Å²) in [7, 11) is 0. The van der Waals surface area contributed by atoms with Crippen molar-refractivity contribution in [1.82, 2.24) is 31.5 Å². The first-order valence-corrected chi connectivity index (χ1v) is 16.4. The van der Waals surface area contributed by atoms with Crippen LogP contribution in [0.25, 0.3) is 0 Å². The second-order valence-electron chi connectivity index (χ2n) is 11.8. The number of nitrogens with two attached hydrogens (primary N) is 4. The largest absolute Gasteiger partial charge is 0.481 e. The first-order valence-electron chi connectivity index (χ1n) is 16.4. The van der Waals surface area contributed by atoms with E-state index in [0.717, 1.165) is 4.90 Å². The molecule has 1 saturated heterocycles. The van der Waals surface area contributed by atoms with Crippen LogP contribution in [0.4, 0.5) is 0 Å². The number of hydrogen-bond acceptors (Lipinski definition) is 12. The van der Waals surface area contributed by atoms with E-state index < -0.39 is 103 Å². The third-order valence-electron chi connectivity index (χ3n) is 7.74. The number of likely N-dealkylation sites (tertiary alicyclic amines) is 1. The van der Waals surface area contributed by atoms with Crippen LogP contribution in [0.3, 0.4) is 0 Å². The summed E-state index contributed by atoms with van der Waals surface area (Å²) in [5.41, 5.74) is 21.3. The molecule has 22 nitrogen and oxygen atoms in total. The van der Waals surface area contributed by atoms with E-state index in [4.69, 9.17) is 22.9 Å². The summed E-state index contributed by atoms with van der Waals surface area (Å²) in [6.45, 7) is 0.357. The topological polar surface area (TPSA) is 377 Å². The number of rotatable bonds is 23. The molecule has 1 fully saturated rings. The number of carboxylic acids is 2. The molecule has 6 amide bonds. The number of amides is 6. The predicted molar refractivity (Wildman–Crippen MR) is 179 cm³/mol. The van der Waals surface area contributed by atoms with Gasteiger partial charge in [-0.25, -0.2) is 4.79 Å². The zero-order valence-corrected chi connectivity index (χ0v) is 28.5. The number of nitrogens with zero attached hydrogens (tertiary/aromatic N) is 2. The fraction of sp³-hybridized carbons (Fsp3) is 0.690. The second kappa shape index (κ2) is 22.6. The van der Waals surface area contributed by atoms with E-state index in [1.54, 1.807) is 0 Å². The summed E-state index contributed by atoms with van der Waals surface area (Å²) in [4.78, 5) is 105. The summed E-state index contributed by atoms with van der Waals surface area (Å²) in [6, 6.07) is -8.30. The normalized spacial score (nSPS) is 16.7. The van der Waals surface area contributed by atoms with Gasteiger partial charge >= 0.3 is 11.9 Å². The van der Waals surface area contributed by atoms with Gasteiger partial charge in [-0.3, -0.25) is 38.6 Å². The van der Waals surface area contributed by atoms with Gasteiger partial charge in [0.25, 0.3) is 0 Å². The van der Waals surface area contributed by atoms with Gasteiger partial charge in [0, 0.05) is 13.1 Å². The van der Waals surface area contributed by atoms with Gasteiger partial charge < -0.3 is 69.7 Å². The molecule has 0 bridgehead atoms. The molecule has 0 aromatic rings. The van der Waals surface area contributed by atoms with Gasteiger partial charge in [-0.15, -0.1) is 0 Å². The molecule has 1 rings (SSSR count). The monoisotopic (exact) mass is 729 g/mol. The van der Waals surface area contributed by atoms with Gasteiger partial charge in [-0.2, -0.15) is 0 Å². The van der Waals surface area contributed by atoms with Crippen LogP contribution >= 0.6 is 0 Å². The Morgan fingerprint density at radius 3 is 2.00 bits per heavy atom. The van der Waals surface area contributed by atoms with E-state index in [1.807, 2.05) is 0 Å². The Morgan fingerprint density at radius 1 is 0.804 bits per heavy atom. The van der Waals surface area contributed by atoms with Crippen molar-refractivity contribution in [2.45, 2.75) is 94.5 Å². The van der Waals surface area contributed by atoms with Gasteiger partial charge in [-0.05, 0) is 58.4 Å². The van der Waals surface area contributed by atoms with E-state index in [1.165, 1.54) is 6.92 Å². The van der Waals surface area contributed by atoms with Gasteiger partial charge in [0.05, 0.1) is 19.6 Å². The lowest BCUT2D eigenvalue weighted by atomic mass is 10.1. The van der Waals surface area contributed by atoms with Crippen molar-refractivity contribution in [1.29, 1.82) is 0 Å². The maximum atomic E-state index is 13.4. The molecule has 22 heteroatoms. The van der Waals surface area contributed by atoms with Crippen LogP contribution < -0.4 is 49.5 Å². The summed E-state index contributed by atoms with van der Waals surface area (Å²) in [5, 5.41) is 40.5. The molecule has 288 valence electrons. The minimum Gasteiger partial charge on any atom is -0.481 e. The first kappa shape index (κ1) is 43.9. The number of guanidine groups is 1. The number of carbonyl (C=O) groups excluding carboxylic acids is 6. The lowest BCUT2D eigenvalue weighted by molar-refractivity contribution is -0.145. The Kier molecular flexibility index (Phi) is 19.5. The Balaban J connectivity index is 2.99. The minimum atomic E-state index is -1.79. The van der Waals surface area contributed by atoms with E-state index in [-0.39, 0.29) is 44.7 Å². The molecule has 0 spiro atoms. The molecule has 0 saturated carbocycles. The summed E-state index contributed by atoms with van der Waals surface area (Å²) >= 11 is 0. The standard InChI is InChI=1S/C29H51N11O11/c1-15(35-24(46)16(36-21(42)13-31)7-4-10-34-29(32)33)23(45)38-18(12-22(43)44)25(47)39-19(14-41)27(49)40-11-5-8-20(40)26(48)37-17(28(50)51)6-2-3-9-30/h15-20,41H,2-14,30-31H2,1H3,(H,35,46)(H,36,42)(H,37,48)(H,38,45)(H,39,47)(H,43,44)(H,50,51)(H4,32,33,34)/t15-,16-,17-,18+,19+,20+/m0/s1. The number of carbonyl (C=O) groups is 8. The maximum absolute atomic E-state index is 13.4. The van der Waals surface area contributed by atoms with E-state index in [0.29, 0.717) is 25.8 Å². The third-order valence-corrected chi connectivity index (χ3v) is 7.74. The highest BCUT2D eigenvalue weighted by atomic mass is 16.4. The lowest BCUT2D eigenvalue weighted by Crippen LogP contribution is -2.60. The number of nitrogens with one attached hydrogen (secondary N) is 5. The van der Waals surface area contributed by atoms with Gasteiger partial charge in [0.15, 0.2) is 5.96 Å². The van der Waals surface area contributed by atoms with Crippen molar-refractivity contribution in [3.63, 3.8) is 0 Å². The molecule has 1 aliphatic heterocycles. The Bertz CT molecular complexity index is 1280. The highest BCUT2D eigenvalue weighted by molar-refractivity contribution is 5.98. The molecule has 0 aromatic heterocycles. The second-order valence-corrected chi connectivity index (χ2v) is 11.8. The van der Waals surface area contributed by atoms with Crippen molar-refractivity contribution >= 4 is 53.3 Å². The van der Waals surface area contributed by atoms with Crippen LogP contribution in [-0.2, 0) is 38.4 Å². The number of aliphatic hydroxyl groups excluding tert-OH is 1.